The molecule has 1 aliphatic rings. The van der Waals surface area contributed by atoms with Crippen molar-refractivity contribution in [3.63, 3.8) is 0 Å². The van der Waals surface area contributed by atoms with Gasteiger partial charge in [0.2, 0.25) is 0 Å². The van der Waals surface area contributed by atoms with Crippen LogP contribution in [0.25, 0.3) is 0 Å². The van der Waals surface area contributed by atoms with Crippen molar-refractivity contribution in [1.29, 1.82) is 5.26 Å². The van der Waals surface area contributed by atoms with Crippen LogP contribution in [0.5, 0.6) is 5.75 Å². The van der Waals surface area contributed by atoms with E-state index in [1.807, 2.05) is 49.6 Å². The number of nitrogens with zero attached hydrogens (tertiary/aromatic N) is 2. The third-order valence-electron chi connectivity index (χ3n) is 5.20. The first-order valence-electron chi connectivity index (χ1n) is 10.0. The van der Waals surface area contributed by atoms with Crippen LogP contribution in [-0.2, 0) is 6.54 Å². The van der Waals surface area contributed by atoms with Crippen LogP contribution >= 0.6 is 11.8 Å². The largest absolute Gasteiger partial charge is 0.490 e. The van der Waals surface area contributed by atoms with Crippen LogP contribution in [-0.4, -0.2) is 25.3 Å². The van der Waals surface area contributed by atoms with Gasteiger partial charge in [0.1, 0.15) is 12.4 Å². The fourth-order valence-corrected chi connectivity index (χ4v) is 4.05. The van der Waals surface area contributed by atoms with E-state index in [4.69, 9.17) is 4.74 Å². The van der Waals surface area contributed by atoms with Gasteiger partial charge >= 0.3 is 0 Å². The Morgan fingerprint density at radius 2 is 1.97 bits per heavy atom. The molecule has 1 heterocycles. The fourth-order valence-electron chi connectivity index (χ4n) is 3.64. The van der Waals surface area contributed by atoms with Crippen molar-refractivity contribution in [3.8, 4) is 11.8 Å². The minimum Gasteiger partial charge on any atom is -0.490 e. The van der Waals surface area contributed by atoms with Crippen molar-refractivity contribution in [1.82, 2.24) is 5.32 Å². The van der Waals surface area contributed by atoms with E-state index in [2.05, 4.69) is 34.5 Å². The molecule has 0 fully saturated rings. The summed E-state index contributed by atoms with van der Waals surface area (Å²) in [5, 5.41) is 12.3. The molecule has 1 aliphatic heterocycles. The molecule has 0 saturated carbocycles. The first-order valence-corrected chi connectivity index (χ1v) is 11.3. The molecule has 0 aromatic heterocycles. The predicted molar refractivity (Wildman–Crippen MR) is 124 cm³/mol. The molecular formula is C25H23N3O2S. The number of benzene rings is 3. The van der Waals surface area contributed by atoms with E-state index in [0.717, 1.165) is 22.5 Å². The van der Waals surface area contributed by atoms with Crippen molar-refractivity contribution in [2.75, 3.05) is 24.3 Å². The van der Waals surface area contributed by atoms with E-state index < -0.39 is 0 Å². The van der Waals surface area contributed by atoms with E-state index in [0.29, 0.717) is 36.6 Å². The summed E-state index contributed by atoms with van der Waals surface area (Å²) in [5.74, 6) is 0.531. The summed E-state index contributed by atoms with van der Waals surface area (Å²) in [6.45, 7) is 3.64. The molecule has 6 heteroatoms. The lowest BCUT2D eigenvalue weighted by Gasteiger charge is -2.32. The van der Waals surface area contributed by atoms with Gasteiger partial charge in [-0.15, -0.1) is 11.8 Å². The number of thioether (sulfide) groups is 1. The van der Waals surface area contributed by atoms with Gasteiger partial charge in [-0.05, 0) is 72.8 Å². The lowest BCUT2D eigenvalue weighted by molar-refractivity contribution is 0.0950. The quantitative estimate of drug-likeness (QED) is 0.575. The number of carbonyl (C=O) groups excluding carboxylic acids is 1. The Morgan fingerprint density at radius 1 is 1.16 bits per heavy atom. The van der Waals surface area contributed by atoms with Crippen molar-refractivity contribution in [2.45, 2.75) is 18.4 Å². The number of amides is 1. The van der Waals surface area contributed by atoms with E-state index >= 15 is 0 Å². The highest BCUT2D eigenvalue weighted by atomic mass is 32.2. The zero-order valence-corrected chi connectivity index (χ0v) is 18.3. The maximum absolute atomic E-state index is 12.7. The summed E-state index contributed by atoms with van der Waals surface area (Å²) >= 11 is 1.69. The van der Waals surface area contributed by atoms with Gasteiger partial charge in [0, 0.05) is 22.7 Å². The molecule has 0 atom stereocenters. The molecule has 0 radical (unpaired) electrons. The molecule has 3 aromatic rings. The number of rotatable bonds is 5. The molecular weight excluding hydrogens is 406 g/mol. The van der Waals surface area contributed by atoms with E-state index in [9.17, 15) is 10.1 Å². The smallest absolute Gasteiger partial charge is 0.251 e. The van der Waals surface area contributed by atoms with Crippen molar-refractivity contribution >= 4 is 29.0 Å². The molecule has 5 nitrogen and oxygen atoms in total. The van der Waals surface area contributed by atoms with Crippen molar-refractivity contribution < 1.29 is 9.53 Å². The molecule has 3 aromatic carbocycles. The van der Waals surface area contributed by atoms with Crippen LogP contribution in [0.1, 0.15) is 27.0 Å². The third kappa shape index (κ3) is 4.68. The Hall–Kier alpha value is -3.43. The molecule has 156 valence electrons. The molecule has 0 saturated heterocycles. The van der Waals surface area contributed by atoms with E-state index in [-0.39, 0.29) is 5.91 Å². The third-order valence-corrected chi connectivity index (χ3v) is 5.94. The normalized spacial score (nSPS) is 12.5. The van der Waals surface area contributed by atoms with Gasteiger partial charge in [-0.25, -0.2) is 0 Å². The minimum absolute atomic E-state index is 0.139. The van der Waals surface area contributed by atoms with Crippen LogP contribution in [0.15, 0.2) is 65.6 Å². The second-order valence-electron chi connectivity index (χ2n) is 7.38. The number of carbonyl (C=O) groups is 1. The second kappa shape index (κ2) is 9.15. The average Bonchev–Trinajstić information content (AvgIpc) is 2.81. The lowest BCUT2D eigenvalue weighted by Crippen LogP contribution is -2.29. The maximum Gasteiger partial charge on any atom is 0.251 e. The van der Waals surface area contributed by atoms with Gasteiger partial charge < -0.3 is 15.0 Å². The number of hydrogen-bond acceptors (Lipinski definition) is 5. The van der Waals surface area contributed by atoms with Crippen LogP contribution in [0, 0.1) is 18.3 Å². The first-order chi connectivity index (χ1) is 15.1. The lowest BCUT2D eigenvalue weighted by atomic mass is 10.1. The Bertz CT molecular complexity index is 1150. The summed E-state index contributed by atoms with van der Waals surface area (Å²) in [5.41, 5.74) is 5.12. The topological polar surface area (TPSA) is 65.4 Å². The van der Waals surface area contributed by atoms with Gasteiger partial charge in [-0.1, -0.05) is 12.1 Å². The number of fused-ring (bicyclic) bond motifs is 1. The average molecular weight is 430 g/mol. The van der Waals surface area contributed by atoms with E-state index in [1.165, 1.54) is 4.90 Å². The zero-order chi connectivity index (χ0) is 21.8. The molecule has 0 bridgehead atoms. The summed E-state index contributed by atoms with van der Waals surface area (Å²) in [6.07, 6.45) is 2.04. The summed E-state index contributed by atoms with van der Waals surface area (Å²) in [6, 6.07) is 21.7. The Morgan fingerprint density at radius 3 is 2.71 bits per heavy atom. The number of nitriles is 1. The Kier molecular flexibility index (Phi) is 6.15. The summed E-state index contributed by atoms with van der Waals surface area (Å²) < 4.78 is 5.85. The molecule has 0 aliphatic carbocycles. The number of aryl methyl sites for hydroxylation is 1. The molecule has 31 heavy (non-hydrogen) atoms. The first kappa shape index (κ1) is 20.8. The van der Waals surface area contributed by atoms with E-state index in [1.54, 1.807) is 17.8 Å². The number of nitrogens with one attached hydrogen (secondary N) is 1. The predicted octanol–water partition coefficient (Wildman–Crippen LogP) is 5.05. The Balaban J connectivity index is 1.52. The van der Waals surface area contributed by atoms with Crippen LogP contribution in [0.2, 0.25) is 0 Å². The SMILES string of the molecule is CSc1ccc(CNC(=O)c2ccc3c(c2)OCCN3c2cc(C)cc(C#N)c2)cc1. The summed E-state index contributed by atoms with van der Waals surface area (Å²) in [7, 11) is 0. The van der Waals surface area contributed by atoms with Gasteiger partial charge in [0.05, 0.1) is 23.9 Å². The molecule has 4 rings (SSSR count). The number of hydrogen-bond donors (Lipinski definition) is 1. The van der Waals surface area contributed by atoms with Crippen LogP contribution < -0.4 is 15.0 Å². The van der Waals surface area contributed by atoms with Gasteiger partial charge in [0.15, 0.2) is 0 Å². The van der Waals surface area contributed by atoms with Gasteiger partial charge in [-0.3, -0.25) is 4.79 Å². The Labute approximate surface area is 186 Å². The van der Waals surface area contributed by atoms with Crippen LogP contribution in [0.3, 0.4) is 0 Å². The maximum atomic E-state index is 12.7. The van der Waals surface area contributed by atoms with Crippen LogP contribution in [0.4, 0.5) is 11.4 Å². The van der Waals surface area contributed by atoms with Gasteiger partial charge in [-0.2, -0.15) is 5.26 Å². The monoisotopic (exact) mass is 429 g/mol. The zero-order valence-electron chi connectivity index (χ0n) is 17.5. The molecule has 0 spiro atoms. The number of ether oxygens (including phenoxy) is 1. The van der Waals surface area contributed by atoms with Crippen molar-refractivity contribution in [2.24, 2.45) is 0 Å². The molecule has 1 amide bonds. The molecule has 1 N–H and O–H groups in total. The highest BCUT2D eigenvalue weighted by Crippen LogP contribution is 2.37. The second-order valence-corrected chi connectivity index (χ2v) is 8.26. The van der Waals surface area contributed by atoms with Crippen molar-refractivity contribution in [3.05, 3.63) is 82.9 Å². The van der Waals surface area contributed by atoms with Gasteiger partial charge in [0.25, 0.3) is 5.91 Å². The number of anilines is 2. The minimum atomic E-state index is -0.139. The summed E-state index contributed by atoms with van der Waals surface area (Å²) in [4.78, 5) is 16.0. The highest BCUT2D eigenvalue weighted by Gasteiger charge is 2.21. The molecule has 0 unspecified atom stereocenters. The fraction of sp³-hybridized carbons (Fsp3) is 0.200. The highest BCUT2D eigenvalue weighted by molar-refractivity contribution is 7.98. The standard InChI is InChI=1S/C25H23N3O2S/c1-17-11-19(15-26)13-21(12-17)28-9-10-30-24-14-20(5-8-23(24)28)25(29)27-16-18-3-6-22(31-2)7-4-18/h3-8,11-14H,9-10,16H2,1-2H3,(H,27,29).